The van der Waals surface area contributed by atoms with E-state index in [-0.39, 0.29) is 6.04 Å². The molecule has 162 valence electrons. The van der Waals surface area contributed by atoms with Crippen molar-refractivity contribution in [3.05, 3.63) is 85.1 Å². The maximum atomic E-state index is 9.77. The van der Waals surface area contributed by atoms with Crippen LogP contribution in [0.25, 0.3) is 27.8 Å². The van der Waals surface area contributed by atoms with Gasteiger partial charge in [0.15, 0.2) is 0 Å². The number of ether oxygens (including phenoxy) is 1. The molecule has 0 saturated carbocycles. The van der Waals surface area contributed by atoms with E-state index in [4.69, 9.17) is 10.5 Å². The second-order valence-electron chi connectivity index (χ2n) is 7.98. The number of nitrogens with two attached hydrogens (primary N) is 1. The first-order valence-electron chi connectivity index (χ1n) is 10.6. The minimum Gasteiger partial charge on any atom is -0.456 e. The molecule has 0 fully saturated rings. The van der Waals surface area contributed by atoms with Crippen molar-refractivity contribution in [2.75, 3.05) is 5.73 Å². The van der Waals surface area contributed by atoms with E-state index >= 15 is 0 Å². The number of nitrogens with zero attached hydrogens (tertiary/aromatic N) is 5. The maximum absolute atomic E-state index is 9.77. The van der Waals surface area contributed by atoms with E-state index in [9.17, 15) is 5.26 Å². The number of nitriles is 1. The monoisotopic (exact) mass is 434 g/mol. The number of nitrogen functional groups attached to an aromatic ring is 1. The van der Waals surface area contributed by atoms with Gasteiger partial charge in [0.2, 0.25) is 0 Å². The molecule has 0 spiro atoms. The molecule has 0 unspecified atom stereocenters. The lowest BCUT2D eigenvalue weighted by Crippen LogP contribution is -2.00. The Hall–Kier alpha value is -4.57. The quantitative estimate of drug-likeness (QED) is 0.382. The number of aromatic nitrogens is 4. The van der Waals surface area contributed by atoms with Crippen molar-refractivity contribution in [3.63, 3.8) is 0 Å². The zero-order valence-corrected chi connectivity index (χ0v) is 18.3. The van der Waals surface area contributed by atoms with Gasteiger partial charge in [-0.3, -0.25) is 0 Å². The Kier molecular flexibility index (Phi) is 5.04. The second kappa shape index (κ2) is 8.17. The highest BCUT2D eigenvalue weighted by Gasteiger charge is 2.17. The van der Waals surface area contributed by atoms with Gasteiger partial charge >= 0.3 is 0 Å². The minimum atomic E-state index is 0.232. The van der Waals surface area contributed by atoms with Crippen LogP contribution in [-0.2, 0) is 0 Å². The van der Waals surface area contributed by atoms with Gasteiger partial charge < -0.3 is 19.6 Å². The fourth-order valence-electron chi connectivity index (χ4n) is 3.98. The topological polar surface area (TPSA) is 94.7 Å². The predicted molar refractivity (Wildman–Crippen MR) is 128 cm³/mol. The lowest BCUT2D eigenvalue weighted by Gasteiger charge is -2.12. The third-order valence-corrected chi connectivity index (χ3v) is 5.59. The van der Waals surface area contributed by atoms with Crippen molar-refractivity contribution in [1.29, 1.82) is 5.26 Å². The van der Waals surface area contributed by atoms with E-state index in [1.807, 2.05) is 65.5 Å². The molecule has 0 saturated heterocycles. The summed E-state index contributed by atoms with van der Waals surface area (Å²) in [6.45, 7) is 4.21. The first kappa shape index (κ1) is 20.3. The molecule has 0 aliphatic rings. The molecule has 0 aliphatic carbocycles. The molecule has 0 atom stereocenters. The zero-order chi connectivity index (χ0) is 22.9. The lowest BCUT2D eigenvalue weighted by atomic mass is 10.1. The fourth-order valence-corrected chi connectivity index (χ4v) is 3.98. The first-order valence-corrected chi connectivity index (χ1v) is 10.6. The third-order valence-electron chi connectivity index (χ3n) is 5.59. The van der Waals surface area contributed by atoms with E-state index in [0.29, 0.717) is 22.9 Å². The van der Waals surface area contributed by atoms with Gasteiger partial charge in [-0.25, -0.2) is 9.97 Å². The smallest absolute Gasteiger partial charge is 0.147 e. The molecule has 2 N–H and O–H groups in total. The second-order valence-corrected chi connectivity index (χ2v) is 7.98. The fraction of sp³-hybridized carbons (Fsp3) is 0.115. The molecule has 0 bridgehead atoms. The molecular weight excluding hydrogens is 412 g/mol. The largest absolute Gasteiger partial charge is 0.456 e. The Labute approximate surface area is 191 Å². The zero-order valence-electron chi connectivity index (χ0n) is 18.3. The van der Waals surface area contributed by atoms with E-state index in [1.165, 1.54) is 6.33 Å². The number of fused-ring (bicyclic) bond motifs is 1. The Morgan fingerprint density at radius 2 is 1.76 bits per heavy atom. The van der Waals surface area contributed by atoms with Crippen molar-refractivity contribution in [1.82, 2.24) is 19.1 Å². The van der Waals surface area contributed by atoms with Gasteiger partial charge in [-0.1, -0.05) is 18.2 Å². The van der Waals surface area contributed by atoms with Crippen LogP contribution in [0, 0.1) is 11.3 Å². The Morgan fingerprint density at radius 1 is 1.00 bits per heavy atom. The molecular formula is C26H22N6O. The summed E-state index contributed by atoms with van der Waals surface area (Å²) in [5.41, 5.74) is 10.2. The minimum absolute atomic E-state index is 0.232. The summed E-state index contributed by atoms with van der Waals surface area (Å²) in [6, 6.07) is 19.6. The summed E-state index contributed by atoms with van der Waals surface area (Å²) in [6.07, 6.45) is 7.35. The summed E-state index contributed by atoms with van der Waals surface area (Å²) in [5, 5.41) is 10.6. The van der Waals surface area contributed by atoms with Crippen molar-refractivity contribution in [2.24, 2.45) is 0 Å². The summed E-state index contributed by atoms with van der Waals surface area (Å²) in [7, 11) is 0. The van der Waals surface area contributed by atoms with Crippen LogP contribution in [0.1, 0.15) is 25.5 Å². The van der Waals surface area contributed by atoms with Crippen LogP contribution in [0.2, 0.25) is 0 Å². The highest BCUT2D eigenvalue weighted by molar-refractivity contribution is 6.00. The van der Waals surface area contributed by atoms with Gasteiger partial charge in [-0.2, -0.15) is 5.26 Å². The van der Waals surface area contributed by atoms with E-state index in [2.05, 4.69) is 40.6 Å². The summed E-state index contributed by atoms with van der Waals surface area (Å²) in [4.78, 5) is 8.63. The van der Waals surface area contributed by atoms with E-state index in [0.717, 1.165) is 27.8 Å². The van der Waals surface area contributed by atoms with Crippen LogP contribution >= 0.6 is 0 Å². The van der Waals surface area contributed by atoms with Gasteiger partial charge in [-0.05, 0) is 55.8 Å². The van der Waals surface area contributed by atoms with Crippen molar-refractivity contribution in [2.45, 2.75) is 19.9 Å². The summed E-state index contributed by atoms with van der Waals surface area (Å²) >= 11 is 0. The third kappa shape index (κ3) is 3.58. The molecule has 3 heterocycles. The summed E-state index contributed by atoms with van der Waals surface area (Å²) < 4.78 is 10.1. The number of hydrogen-bond donors (Lipinski definition) is 1. The summed E-state index contributed by atoms with van der Waals surface area (Å²) in [5.74, 6) is 1.59. The normalized spacial score (nSPS) is 11.1. The van der Waals surface area contributed by atoms with Crippen molar-refractivity contribution >= 4 is 16.9 Å². The average molecular weight is 435 g/mol. The van der Waals surface area contributed by atoms with Gasteiger partial charge in [0.05, 0.1) is 11.1 Å². The molecule has 0 aliphatic heterocycles. The standard InChI is InChI=1S/C26H22N6O/c1-17(2)32-15-21(24-25(28)29-16-30-26(24)32)18-8-10-19(11-9-18)33-23-7-5-6-22(20(23)14-27)31-12-3-4-13-31/h3-13,15-17H,1-2H3,(H2,28,29,30). The van der Waals surface area contributed by atoms with E-state index in [1.54, 1.807) is 6.07 Å². The average Bonchev–Trinajstić information content (AvgIpc) is 3.49. The highest BCUT2D eigenvalue weighted by atomic mass is 16.5. The highest BCUT2D eigenvalue weighted by Crippen LogP contribution is 2.36. The number of rotatable bonds is 5. The van der Waals surface area contributed by atoms with Gasteiger partial charge in [0.25, 0.3) is 0 Å². The Balaban J connectivity index is 1.50. The van der Waals surface area contributed by atoms with Crippen LogP contribution in [0.4, 0.5) is 5.82 Å². The molecule has 0 amide bonds. The molecule has 7 nitrogen and oxygen atoms in total. The van der Waals surface area contributed by atoms with Gasteiger partial charge in [0, 0.05) is 30.2 Å². The molecule has 7 heteroatoms. The van der Waals surface area contributed by atoms with Crippen LogP contribution in [0.3, 0.4) is 0 Å². The van der Waals surface area contributed by atoms with Gasteiger partial charge in [-0.15, -0.1) is 0 Å². The van der Waals surface area contributed by atoms with E-state index < -0.39 is 0 Å². The molecule has 5 rings (SSSR count). The number of hydrogen-bond acceptors (Lipinski definition) is 5. The van der Waals surface area contributed by atoms with Gasteiger partial charge in [0.1, 0.15) is 40.9 Å². The van der Waals surface area contributed by atoms with Crippen LogP contribution < -0.4 is 10.5 Å². The molecule has 5 aromatic rings. The lowest BCUT2D eigenvalue weighted by molar-refractivity contribution is 0.481. The van der Waals surface area contributed by atoms with Crippen molar-refractivity contribution < 1.29 is 4.74 Å². The predicted octanol–water partition coefficient (Wildman–Crippen LogP) is 5.72. The van der Waals surface area contributed by atoms with Crippen LogP contribution in [0.5, 0.6) is 11.5 Å². The SMILES string of the molecule is CC(C)n1cc(-c2ccc(Oc3cccc(-n4cccc4)c3C#N)cc2)c2c(N)ncnc21. The first-order chi connectivity index (χ1) is 16.1. The number of anilines is 1. The number of benzene rings is 2. The molecule has 33 heavy (non-hydrogen) atoms. The van der Waals surface area contributed by atoms with Crippen LogP contribution in [-0.4, -0.2) is 19.1 Å². The Bertz CT molecular complexity index is 1470. The molecule has 3 aromatic heterocycles. The Morgan fingerprint density at radius 3 is 2.45 bits per heavy atom. The van der Waals surface area contributed by atoms with Crippen LogP contribution in [0.15, 0.2) is 79.5 Å². The molecule has 2 aromatic carbocycles. The molecule has 0 radical (unpaired) electrons. The van der Waals surface area contributed by atoms with Crippen molar-refractivity contribution in [3.8, 4) is 34.4 Å². The maximum Gasteiger partial charge on any atom is 0.147 e.